The maximum Gasteiger partial charge on any atom is 0.193 e. The highest BCUT2D eigenvalue weighted by molar-refractivity contribution is 5.80. The number of hydrogen-bond donors (Lipinski definition) is 1. The van der Waals surface area contributed by atoms with Gasteiger partial charge in [-0.1, -0.05) is 12.1 Å². The van der Waals surface area contributed by atoms with Crippen molar-refractivity contribution in [2.75, 3.05) is 73.3 Å². The average Bonchev–Trinajstić information content (AvgIpc) is 3.49. The van der Waals surface area contributed by atoms with E-state index >= 15 is 0 Å². The van der Waals surface area contributed by atoms with E-state index in [9.17, 15) is 0 Å². The molecule has 31 heavy (non-hydrogen) atoms. The number of guanidine groups is 1. The lowest BCUT2D eigenvalue weighted by Gasteiger charge is -2.28. The number of hydrogen-bond acceptors (Lipinski definition) is 5. The predicted octanol–water partition coefficient (Wildman–Crippen LogP) is 2.78. The molecular weight excluding hydrogens is 392 g/mol. The molecule has 1 N–H and O–H groups in total. The van der Waals surface area contributed by atoms with Crippen LogP contribution in [0.4, 0.5) is 0 Å². The second kappa shape index (κ2) is 12.9. The summed E-state index contributed by atoms with van der Waals surface area (Å²) in [5, 5.41) is 3.51. The van der Waals surface area contributed by atoms with Crippen LogP contribution in [0, 0.1) is 5.92 Å². The summed E-state index contributed by atoms with van der Waals surface area (Å²) < 4.78 is 16.3. The summed E-state index contributed by atoms with van der Waals surface area (Å²) >= 11 is 0. The van der Waals surface area contributed by atoms with E-state index in [4.69, 9.17) is 19.2 Å². The maximum absolute atomic E-state index is 5.76. The Kier molecular flexibility index (Phi) is 9.90. The zero-order valence-electron chi connectivity index (χ0n) is 19.5. The Morgan fingerprint density at radius 3 is 2.77 bits per heavy atom. The van der Waals surface area contributed by atoms with E-state index in [1.54, 1.807) is 14.2 Å². The van der Waals surface area contributed by atoms with Gasteiger partial charge in [0.05, 0.1) is 39.5 Å². The molecule has 0 spiro atoms. The van der Waals surface area contributed by atoms with Crippen molar-refractivity contribution in [1.29, 1.82) is 0 Å². The summed E-state index contributed by atoms with van der Waals surface area (Å²) in [6, 6.07) is 8.74. The summed E-state index contributed by atoms with van der Waals surface area (Å²) in [5.41, 5.74) is 1.28. The van der Waals surface area contributed by atoms with Crippen LogP contribution in [-0.2, 0) is 9.47 Å². The van der Waals surface area contributed by atoms with E-state index in [1.807, 2.05) is 6.07 Å². The molecule has 1 aromatic rings. The fraction of sp³-hybridized carbons (Fsp3) is 0.708. The van der Waals surface area contributed by atoms with Crippen molar-refractivity contribution >= 4 is 5.96 Å². The van der Waals surface area contributed by atoms with Gasteiger partial charge in [0.15, 0.2) is 5.96 Å². The van der Waals surface area contributed by atoms with Gasteiger partial charge >= 0.3 is 0 Å². The monoisotopic (exact) mass is 432 g/mol. The molecule has 0 radical (unpaired) electrons. The minimum absolute atomic E-state index is 0.280. The van der Waals surface area contributed by atoms with Crippen LogP contribution in [0.3, 0.4) is 0 Å². The lowest BCUT2D eigenvalue weighted by Crippen LogP contribution is -2.41. The largest absolute Gasteiger partial charge is 0.497 e. The number of nitrogens with zero attached hydrogens (tertiary/aromatic N) is 3. The van der Waals surface area contributed by atoms with E-state index in [1.165, 1.54) is 18.4 Å². The lowest BCUT2D eigenvalue weighted by molar-refractivity contribution is 0.0536. The number of methoxy groups -OCH3 is 2. The van der Waals surface area contributed by atoms with E-state index in [0.717, 1.165) is 64.0 Å². The smallest absolute Gasteiger partial charge is 0.193 e. The van der Waals surface area contributed by atoms with Crippen molar-refractivity contribution in [2.24, 2.45) is 10.9 Å². The standard InChI is InChI=1S/C24H40N4O3/c1-4-25-24(28-13-10-20(18-28)19-31-15-14-29-2)26-17-23(27-11-5-6-12-27)21-8-7-9-22(16-21)30-3/h7-9,16,20,23H,4-6,10-15,17-19H2,1-3H3,(H,25,26). The molecule has 0 aliphatic carbocycles. The highest BCUT2D eigenvalue weighted by Crippen LogP contribution is 2.28. The molecule has 7 heteroatoms. The Morgan fingerprint density at radius 1 is 1.19 bits per heavy atom. The first-order chi connectivity index (χ1) is 15.2. The molecule has 2 aliphatic rings. The molecule has 2 unspecified atom stereocenters. The van der Waals surface area contributed by atoms with Crippen LogP contribution in [0.25, 0.3) is 0 Å². The number of rotatable bonds is 11. The van der Waals surface area contributed by atoms with E-state index in [0.29, 0.717) is 19.1 Å². The predicted molar refractivity (Wildman–Crippen MR) is 125 cm³/mol. The molecule has 0 bridgehead atoms. The van der Waals surface area contributed by atoms with E-state index in [2.05, 4.69) is 40.2 Å². The second-order valence-corrected chi connectivity index (χ2v) is 8.40. The first-order valence-electron chi connectivity index (χ1n) is 11.7. The van der Waals surface area contributed by atoms with Gasteiger partial charge < -0.3 is 24.4 Å². The third-order valence-corrected chi connectivity index (χ3v) is 6.18. The van der Waals surface area contributed by atoms with Crippen LogP contribution < -0.4 is 10.1 Å². The molecule has 2 saturated heterocycles. The Labute approximate surface area is 187 Å². The molecule has 1 aromatic carbocycles. The molecule has 0 saturated carbocycles. The molecule has 3 rings (SSSR count). The van der Waals surface area contributed by atoms with Crippen molar-refractivity contribution in [1.82, 2.24) is 15.1 Å². The van der Waals surface area contributed by atoms with Crippen LogP contribution in [0.2, 0.25) is 0 Å². The Balaban J connectivity index is 1.66. The summed E-state index contributed by atoms with van der Waals surface area (Å²) in [4.78, 5) is 10.1. The highest BCUT2D eigenvalue weighted by Gasteiger charge is 2.27. The SMILES string of the molecule is CCNC(=NCC(c1cccc(OC)c1)N1CCCC1)N1CCC(COCCOC)C1. The van der Waals surface area contributed by atoms with Gasteiger partial charge in [-0.2, -0.15) is 0 Å². The quantitative estimate of drug-likeness (QED) is 0.330. The summed E-state index contributed by atoms with van der Waals surface area (Å²) in [6.45, 7) is 10.2. The maximum atomic E-state index is 5.76. The summed E-state index contributed by atoms with van der Waals surface area (Å²) in [6.07, 6.45) is 3.67. The first kappa shape index (κ1) is 23.8. The van der Waals surface area contributed by atoms with Crippen molar-refractivity contribution in [2.45, 2.75) is 32.2 Å². The number of ether oxygens (including phenoxy) is 3. The average molecular weight is 433 g/mol. The molecule has 2 fully saturated rings. The van der Waals surface area contributed by atoms with Gasteiger partial charge in [-0.05, 0) is 57.0 Å². The van der Waals surface area contributed by atoms with Crippen LogP contribution >= 0.6 is 0 Å². The minimum Gasteiger partial charge on any atom is -0.497 e. The van der Waals surface area contributed by atoms with Gasteiger partial charge in [-0.25, -0.2) is 0 Å². The fourth-order valence-corrected chi connectivity index (χ4v) is 4.49. The second-order valence-electron chi connectivity index (χ2n) is 8.40. The topological polar surface area (TPSA) is 58.6 Å². The third kappa shape index (κ3) is 7.09. The van der Waals surface area contributed by atoms with Crippen LogP contribution in [0.5, 0.6) is 5.75 Å². The van der Waals surface area contributed by atoms with Gasteiger partial charge in [-0.3, -0.25) is 9.89 Å². The van der Waals surface area contributed by atoms with Gasteiger partial charge in [-0.15, -0.1) is 0 Å². The van der Waals surface area contributed by atoms with Crippen molar-refractivity contribution in [3.8, 4) is 5.75 Å². The molecule has 174 valence electrons. The molecule has 0 aromatic heterocycles. The van der Waals surface area contributed by atoms with Crippen molar-refractivity contribution in [3.63, 3.8) is 0 Å². The van der Waals surface area contributed by atoms with Crippen LogP contribution in [0.1, 0.15) is 37.8 Å². The van der Waals surface area contributed by atoms with Gasteiger partial charge in [0.1, 0.15) is 5.75 Å². The Morgan fingerprint density at radius 2 is 2.03 bits per heavy atom. The van der Waals surface area contributed by atoms with Gasteiger partial charge in [0.25, 0.3) is 0 Å². The number of benzene rings is 1. The summed E-state index contributed by atoms with van der Waals surface area (Å²) in [7, 11) is 3.44. The van der Waals surface area contributed by atoms with Crippen LogP contribution in [0.15, 0.2) is 29.3 Å². The third-order valence-electron chi connectivity index (χ3n) is 6.18. The molecule has 2 heterocycles. The summed E-state index contributed by atoms with van der Waals surface area (Å²) in [5.74, 6) is 2.48. The van der Waals surface area contributed by atoms with E-state index < -0.39 is 0 Å². The first-order valence-corrected chi connectivity index (χ1v) is 11.7. The normalized spacial score (nSPS) is 20.9. The number of nitrogens with one attached hydrogen (secondary N) is 1. The molecule has 7 nitrogen and oxygen atoms in total. The molecule has 2 atom stereocenters. The van der Waals surface area contributed by atoms with Crippen LogP contribution in [-0.4, -0.2) is 89.1 Å². The number of likely N-dealkylation sites (tertiary alicyclic amines) is 2. The Bertz CT molecular complexity index is 679. The fourth-order valence-electron chi connectivity index (χ4n) is 4.49. The zero-order valence-corrected chi connectivity index (χ0v) is 19.5. The molecule has 0 amide bonds. The van der Waals surface area contributed by atoms with Crippen molar-refractivity contribution < 1.29 is 14.2 Å². The molecular formula is C24H40N4O3. The van der Waals surface area contributed by atoms with Gasteiger partial charge in [0.2, 0.25) is 0 Å². The zero-order chi connectivity index (χ0) is 21.9. The minimum atomic E-state index is 0.280. The van der Waals surface area contributed by atoms with E-state index in [-0.39, 0.29) is 6.04 Å². The lowest BCUT2D eigenvalue weighted by atomic mass is 10.1. The number of aliphatic imine (C=N–C) groups is 1. The molecule has 2 aliphatic heterocycles. The highest BCUT2D eigenvalue weighted by atomic mass is 16.5. The Hall–Kier alpha value is -1.83. The van der Waals surface area contributed by atoms with Crippen molar-refractivity contribution in [3.05, 3.63) is 29.8 Å². The van der Waals surface area contributed by atoms with Gasteiger partial charge in [0, 0.05) is 32.7 Å².